The maximum Gasteiger partial charge on any atom is 0.251 e. The maximum absolute atomic E-state index is 12.1. The highest BCUT2D eigenvalue weighted by Gasteiger charge is 2.45. The summed E-state index contributed by atoms with van der Waals surface area (Å²) in [5.74, 6) is -0.446. The van der Waals surface area contributed by atoms with E-state index in [4.69, 9.17) is 11.6 Å². The van der Waals surface area contributed by atoms with Crippen LogP contribution >= 0.6 is 11.6 Å². The van der Waals surface area contributed by atoms with Crippen LogP contribution in [-0.4, -0.2) is 18.4 Å². The van der Waals surface area contributed by atoms with Crippen molar-refractivity contribution in [2.75, 3.05) is 6.54 Å². The predicted molar refractivity (Wildman–Crippen MR) is 89.3 cm³/mol. The lowest BCUT2D eigenvalue weighted by Gasteiger charge is -2.18. The summed E-state index contributed by atoms with van der Waals surface area (Å²) in [5, 5.41) is 6.32. The molecule has 0 atom stereocenters. The van der Waals surface area contributed by atoms with E-state index in [1.54, 1.807) is 24.3 Å². The molecule has 0 unspecified atom stereocenters. The molecule has 0 radical (unpaired) electrons. The predicted octanol–water partition coefficient (Wildman–Crippen LogP) is 2.88. The second-order valence-electron chi connectivity index (χ2n) is 5.69. The zero-order chi connectivity index (χ0) is 16.3. The van der Waals surface area contributed by atoms with Gasteiger partial charge < -0.3 is 10.6 Å². The van der Waals surface area contributed by atoms with E-state index < -0.39 is 0 Å². The Morgan fingerprint density at radius 2 is 1.65 bits per heavy atom. The van der Waals surface area contributed by atoms with Crippen LogP contribution in [0.3, 0.4) is 0 Å². The first-order chi connectivity index (χ1) is 11.1. The average molecular weight is 329 g/mol. The number of hydrogen-bond donors (Lipinski definition) is 2. The smallest absolute Gasteiger partial charge is 0.251 e. The van der Waals surface area contributed by atoms with Crippen molar-refractivity contribution >= 4 is 23.4 Å². The van der Waals surface area contributed by atoms with Gasteiger partial charge in [0.2, 0.25) is 5.91 Å². The number of carbonyl (C=O) groups is 2. The van der Waals surface area contributed by atoms with Gasteiger partial charge >= 0.3 is 0 Å². The molecule has 0 aliphatic heterocycles. The van der Waals surface area contributed by atoms with Crippen LogP contribution in [0.5, 0.6) is 0 Å². The largest absolute Gasteiger partial charge is 0.345 e. The maximum atomic E-state index is 12.1. The lowest BCUT2D eigenvalue weighted by Crippen LogP contribution is -2.42. The molecule has 118 valence electrons. The van der Waals surface area contributed by atoms with Crippen LogP contribution in [0, 0.1) is 0 Å². The summed E-state index contributed by atoms with van der Waals surface area (Å²) in [6, 6.07) is 16.3. The molecule has 1 saturated carbocycles. The van der Waals surface area contributed by atoms with Crippen molar-refractivity contribution in [1.82, 2.24) is 10.6 Å². The van der Waals surface area contributed by atoms with Gasteiger partial charge in [0.1, 0.15) is 0 Å². The van der Waals surface area contributed by atoms with Gasteiger partial charge in [-0.15, -0.1) is 0 Å². The average Bonchev–Trinajstić information content (AvgIpc) is 3.34. The summed E-state index contributed by atoms with van der Waals surface area (Å²) in [4.78, 5) is 24.1. The minimum Gasteiger partial charge on any atom is -0.345 e. The topological polar surface area (TPSA) is 58.2 Å². The van der Waals surface area contributed by atoms with E-state index in [0.717, 1.165) is 18.4 Å². The summed E-state index contributed by atoms with van der Waals surface area (Å²) < 4.78 is 0. The van der Waals surface area contributed by atoms with Gasteiger partial charge in [0.05, 0.1) is 12.1 Å². The molecular formula is C18H17ClN2O2. The molecule has 2 aromatic rings. The van der Waals surface area contributed by atoms with Crippen LogP contribution < -0.4 is 10.6 Å². The lowest BCUT2D eigenvalue weighted by molar-refractivity contribution is -0.121. The Labute approximate surface area is 139 Å². The van der Waals surface area contributed by atoms with E-state index in [9.17, 15) is 9.59 Å². The van der Waals surface area contributed by atoms with Crippen LogP contribution in [0.15, 0.2) is 54.6 Å². The first-order valence-electron chi connectivity index (χ1n) is 7.49. The van der Waals surface area contributed by atoms with Crippen LogP contribution in [0.25, 0.3) is 0 Å². The van der Waals surface area contributed by atoms with Gasteiger partial charge in [0, 0.05) is 10.6 Å². The van der Waals surface area contributed by atoms with Gasteiger partial charge in [-0.2, -0.15) is 0 Å². The second-order valence-corrected chi connectivity index (χ2v) is 6.12. The van der Waals surface area contributed by atoms with Crippen LogP contribution in [0.2, 0.25) is 5.02 Å². The lowest BCUT2D eigenvalue weighted by atomic mass is 10.1. The minimum atomic E-state index is -0.306. The molecule has 5 heteroatoms. The SMILES string of the molecule is O=C(CNC(=O)c1ccccc1)NC1(c2ccc(Cl)cc2)CC1. The number of benzene rings is 2. The number of nitrogens with one attached hydrogen (secondary N) is 2. The highest BCUT2D eigenvalue weighted by Crippen LogP contribution is 2.45. The van der Waals surface area contributed by atoms with E-state index in [2.05, 4.69) is 10.6 Å². The van der Waals surface area contributed by atoms with Gasteiger partial charge in [-0.1, -0.05) is 41.9 Å². The summed E-state index contributed by atoms with van der Waals surface area (Å²) >= 11 is 5.90. The zero-order valence-electron chi connectivity index (χ0n) is 12.5. The Balaban J connectivity index is 1.55. The molecule has 2 N–H and O–H groups in total. The molecular weight excluding hydrogens is 312 g/mol. The molecule has 0 bridgehead atoms. The molecule has 3 rings (SSSR count). The quantitative estimate of drug-likeness (QED) is 0.886. The van der Waals surface area contributed by atoms with E-state index >= 15 is 0 Å². The van der Waals surface area contributed by atoms with Crippen molar-refractivity contribution in [3.8, 4) is 0 Å². The molecule has 0 saturated heterocycles. The molecule has 1 aliphatic carbocycles. The molecule has 0 spiro atoms. The fraction of sp³-hybridized carbons (Fsp3) is 0.222. The fourth-order valence-corrected chi connectivity index (χ4v) is 2.67. The Kier molecular flexibility index (Phi) is 4.35. The molecule has 2 aromatic carbocycles. The van der Waals surface area contributed by atoms with Gasteiger partial charge in [-0.05, 0) is 42.7 Å². The van der Waals surface area contributed by atoms with Crippen molar-refractivity contribution in [3.05, 3.63) is 70.7 Å². The molecule has 1 aliphatic rings. The second kappa shape index (κ2) is 6.42. The number of rotatable bonds is 5. The van der Waals surface area contributed by atoms with Gasteiger partial charge in [0.15, 0.2) is 0 Å². The molecule has 4 nitrogen and oxygen atoms in total. The number of carbonyl (C=O) groups excluding carboxylic acids is 2. The van der Waals surface area contributed by atoms with Crippen LogP contribution in [-0.2, 0) is 10.3 Å². The van der Waals surface area contributed by atoms with Crippen molar-refractivity contribution in [1.29, 1.82) is 0 Å². The van der Waals surface area contributed by atoms with E-state index in [1.165, 1.54) is 0 Å². The Bertz CT molecular complexity index is 710. The van der Waals surface area contributed by atoms with Gasteiger partial charge in [-0.25, -0.2) is 0 Å². The van der Waals surface area contributed by atoms with Gasteiger partial charge in [-0.3, -0.25) is 9.59 Å². The molecule has 23 heavy (non-hydrogen) atoms. The Hall–Kier alpha value is -2.33. The van der Waals surface area contributed by atoms with E-state index in [0.29, 0.717) is 10.6 Å². The van der Waals surface area contributed by atoms with Crippen molar-refractivity contribution in [2.24, 2.45) is 0 Å². The number of hydrogen-bond acceptors (Lipinski definition) is 2. The minimum absolute atomic E-state index is 0.0386. The standard InChI is InChI=1S/C18H17ClN2O2/c19-15-8-6-14(7-9-15)18(10-11-18)21-16(22)12-20-17(23)13-4-2-1-3-5-13/h1-9H,10-12H2,(H,20,23)(H,21,22). The molecule has 2 amide bonds. The van der Waals surface area contributed by atoms with Crippen LogP contribution in [0.4, 0.5) is 0 Å². The third-order valence-corrected chi connectivity index (χ3v) is 4.22. The summed E-state index contributed by atoms with van der Waals surface area (Å²) in [6.07, 6.45) is 1.79. The zero-order valence-corrected chi connectivity index (χ0v) is 13.3. The molecule has 0 heterocycles. The number of amides is 2. The number of halogens is 1. The van der Waals surface area contributed by atoms with Gasteiger partial charge in [0.25, 0.3) is 5.91 Å². The third-order valence-electron chi connectivity index (χ3n) is 3.97. The van der Waals surface area contributed by atoms with E-state index in [-0.39, 0.29) is 23.9 Å². The molecule has 1 fully saturated rings. The summed E-state index contributed by atoms with van der Waals surface area (Å²) in [5.41, 5.74) is 1.28. The monoisotopic (exact) mass is 328 g/mol. The van der Waals surface area contributed by atoms with Crippen LogP contribution in [0.1, 0.15) is 28.8 Å². The van der Waals surface area contributed by atoms with Crippen molar-refractivity contribution in [3.63, 3.8) is 0 Å². The summed E-state index contributed by atoms with van der Waals surface area (Å²) in [6.45, 7) is -0.0386. The molecule has 0 aromatic heterocycles. The Morgan fingerprint density at radius 1 is 1.00 bits per heavy atom. The Morgan fingerprint density at radius 3 is 2.26 bits per heavy atom. The van der Waals surface area contributed by atoms with Crippen molar-refractivity contribution < 1.29 is 9.59 Å². The normalized spacial score (nSPS) is 14.8. The highest BCUT2D eigenvalue weighted by molar-refractivity contribution is 6.30. The third kappa shape index (κ3) is 3.71. The summed E-state index contributed by atoms with van der Waals surface area (Å²) in [7, 11) is 0. The fourth-order valence-electron chi connectivity index (χ4n) is 2.54. The highest BCUT2D eigenvalue weighted by atomic mass is 35.5. The van der Waals surface area contributed by atoms with E-state index in [1.807, 2.05) is 30.3 Å². The van der Waals surface area contributed by atoms with Crippen molar-refractivity contribution in [2.45, 2.75) is 18.4 Å². The first-order valence-corrected chi connectivity index (χ1v) is 7.87. The first kappa shape index (κ1) is 15.6.